The van der Waals surface area contributed by atoms with Crippen molar-refractivity contribution in [3.63, 3.8) is 0 Å². The summed E-state index contributed by atoms with van der Waals surface area (Å²) in [6.45, 7) is 9.40. The number of hydrogen-bond donors (Lipinski definition) is 2. The number of nitrogens with one attached hydrogen (secondary N) is 1. The van der Waals surface area contributed by atoms with Gasteiger partial charge in [0.15, 0.2) is 0 Å². The van der Waals surface area contributed by atoms with Crippen LogP contribution in [0.5, 0.6) is 0 Å². The summed E-state index contributed by atoms with van der Waals surface area (Å²) in [6.07, 6.45) is 1.28. The zero-order valence-corrected chi connectivity index (χ0v) is 28.7. The summed E-state index contributed by atoms with van der Waals surface area (Å²) in [6, 6.07) is 22.9. The Hall–Kier alpha value is -4.31. The number of rotatable bonds is 12. The number of ether oxygens (including phenoxy) is 2. The van der Waals surface area contributed by atoms with E-state index in [-0.39, 0.29) is 31.4 Å². The second-order valence-electron chi connectivity index (χ2n) is 12.7. The highest BCUT2D eigenvalue weighted by atomic mass is 32.1. The number of nitrogens with zero attached hydrogens (tertiary/aromatic N) is 2. The number of hydrogen-bond acceptors (Lipinski definition) is 7. The molecule has 3 aromatic rings. The first-order valence-corrected chi connectivity index (χ1v) is 16.6. The van der Waals surface area contributed by atoms with Gasteiger partial charge in [0.1, 0.15) is 11.6 Å². The number of carbonyl (C=O) groups is 4. The highest BCUT2D eigenvalue weighted by Gasteiger charge is 2.43. The summed E-state index contributed by atoms with van der Waals surface area (Å²) in [4.78, 5) is 57.3. The topological polar surface area (TPSA) is 105 Å². The highest BCUT2D eigenvalue weighted by molar-refractivity contribution is 7.80. The fourth-order valence-electron chi connectivity index (χ4n) is 5.68. The molecule has 1 heterocycles. The van der Waals surface area contributed by atoms with Crippen LogP contribution in [0.15, 0.2) is 78.9 Å². The van der Waals surface area contributed by atoms with Gasteiger partial charge in [0.05, 0.1) is 36.2 Å². The Labute approximate surface area is 283 Å². The van der Waals surface area contributed by atoms with E-state index in [0.717, 1.165) is 11.1 Å². The number of esters is 1. The van der Waals surface area contributed by atoms with Crippen molar-refractivity contribution in [2.75, 3.05) is 11.5 Å². The Morgan fingerprint density at radius 2 is 1.62 bits per heavy atom. The van der Waals surface area contributed by atoms with Gasteiger partial charge in [0.25, 0.3) is 11.8 Å². The first-order chi connectivity index (χ1) is 22.4. The molecule has 0 fully saturated rings. The van der Waals surface area contributed by atoms with Crippen molar-refractivity contribution >= 4 is 42.2 Å². The minimum Gasteiger partial charge on any atom is -0.466 e. The van der Waals surface area contributed by atoms with Crippen LogP contribution in [0, 0.1) is 0 Å². The maximum atomic E-state index is 14.7. The van der Waals surface area contributed by atoms with E-state index in [9.17, 15) is 19.2 Å². The summed E-state index contributed by atoms with van der Waals surface area (Å²) in [5, 5.41) is 2.34. The van der Waals surface area contributed by atoms with Gasteiger partial charge < -0.3 is 24.6 Å². The van der Waals surface area contributed by atoms with Crippen LogP contribution in [0.3, 0.4) is 0 Å². The van der Waals surface area contributed by atoms with Crippen LogP contribution in [0.25, 0.3) is 0 Å². The lowest BCUT2D eigenvalue weighted by molar-refractivity contribution is -0.144. The van der Waals surface area contributed by atoms with Crippen LogP contribution in [-0.4, -0.2) is 52.4 Å². The zero-order chi connectivity index (χ0) is 34.1. The molecule has 3 unspecified atom stereocenters. The molecule has 250 valence electrons. The van der Waals surface area contributed by atoms with Crippen LogP contribution in [0.2, 0.25) is 0 Å². The van der Waals surface area contributed by atoms with Gasteiger partial charge >= 0.3 is 12.1 Å². The van der Waals surface area contributed by atoms with Crippen molar-refractivity contribution < 1.29 is 28.7 Å². The van der Waals surface area contributed by atoms with Crippen molar-refractivity contribution in [1.82, 2.24) is 10.2 Å². The van der Waals surface area contributed by atoms with Crippen molar-refractivity contribution in [2.45, 2.75) is 89.9 Å². The Morgan fingerprint density at radius 3 is 2.26 bits per heavy atom. The summed E-state index contributed by atoms with van der Waals surface area (Å²) in [7, 11) is 0. The zero-order valence-electron chi connectivity index (χ0n) is 27.8. The molecule has 9 nitrogen and oxygen atoms in total. The van der Waals surface area contributed by atoms with Crippen molar-refractivity contribution in [3.05, 3.63) is 101 Å². The fourth-order valence-corrected chi connectivity index (χ4v) is 5.97. The average Bonchev–Trinajstić information content (AvgIpc) is 3.10. The molecular weight excluding hydrogens is 614 g/mol. The summed E-state index contributed by atoms with van der Waals surface area (Å²) < 4.78 is 10.6. The lowest BCUT2D eigenvalue weighted by Crippen LogP contribution is -2.47. The van der Waals surface area contributed by atoms with E-state index in [1.807, 2.05) is 78.9 Å². The first-order valence-electron chi connectivity index (χ1n) is 16.1. The maximum absolute atomic E-state index is 14.7. The lowest BCUT2D eigenvalue weighted by atomic mass is 10.00. The summed E-state index contributed by atoms with van der Waals surface area (Å²) in [5.74, 6) is -1.04. The summed E-state index contributed by atoms with van der Waals surface area (Å²) >= 11 is 4.51. The van der Waals surface area contributed by atoms with Crippen molar-refractivity contribution in [3.8, 4) is 0 Å². The van der Waals surface area contributed by atoms with Crippen LogP contribution in [0.4, 0.5) is 10.5 Å². The van der Waals surface area contributed by atoms with Gasteiger partial charge in [-0.05, 0) is 82.7 Å². The van der Waals surface area contributed by atoms with E-state index in [4.69, 9.17) is 9.47 Å². The van der Waals surface area contributed by atoms with E-state index < -0.39 is 35.1 Å². The number of aryl methyl sites for hydroxylation is 1. The summed E-state index contributed by atoms with van der Waals surface area (Å²) in [5.41, 5.74) is 2.76. The minimum atomic E-state index is -0.962. The molecule has 1 N–H and O–H groups in total. The van der Waals surface area contributed by atoms with E-state index in [1.165, 1.54) is 4.90 Å². The predicted octanol–water partition coefficient (Wildman–Crippen LogP) is 6.86. The van der Waals surface area contributed by atoms with E-state index in [0.29, 0.717) is 36.1 Å². The normalized spacial score (nSPS) is 16.2. The maximum Gasteiger partial charge on any atom is 0.408 e. The van der Waals surface area contributed by atoms with Gasteiger partial charge in [0, 0.05) is 6.04 Å². The Morgan fingerprint density at radius 1 is 0.957 bits per heavy atom. The molecular formula is C37H45N3O6S. The van der Waals surface area contributed by atoms with Crippen LogP contribution in [-0.2, 0) is 32.0 Å². The molecule has 4 rings (SSSR count). The molecule has 10 heteroatoms. The Balaban J connectivity index is 1.69. The molecule has 0 spiro atoms. The highest BCUT2D eigenvalue weighted by Crippen LogP contribution is 2.38. The van der Waals surface area contributed by atoms with Gasteiger partial charge in [-0.3, -0.25) is 14.4 Å². The number of carbonyl (C=O) groups excluding carboxylic acids is 4. The van der Waals surface area contributed by atoms with Gasteiger partial charge in [-0.2, -0.15) is 12.6 Å². The van der Waals surface area contributed by atoms with Gasteiger partial charge in [-0.15, -0.1) is 0 Å². The van der Waals surface area contributed by atoms with Crippen LogP contribution in [0.1, 0.15) is 87.0 Å². The molecule has 0 saturated heterocycles. The van der Waals surface area contributed by atoms with Crippen LogP contribution < -0.4 is 10.2 Å². The second-order valence-corrected chi connectivity index (χ2v) is 13.3. The van der Waals surface area contributed by atoms with Gasteiger partial charge in [-0.1, -0.05) is 66.7 Å². The number of benzene rings is 3. The third-order valence-corrected chi connectivity index (χ3v) is 8.15. The third kappa shape index (κ3) is 9.60. The third-order valence-electron chi connectivity index (χ3n) is 7.76. The monoisotopic (exact) mass is 659 g/mol. The number of alkyl carbamates (subject to hydrolysis) is 1. The lowest BCUT2D eigenvalue weighted by Gasteiger charge is -2.35. The Kier molecular flexibility index (Phi) is 12.1. The van der Waals surface area contributed by atoms with Crippen LogP contribution >= 0.6 is 12.6 Å². The molecule has 47 heavy (non-hydrogen) atoms. The van der Waals surface area contributed by atoms with Crippen molar-refractivity contribution in [1.29, 1.82) is 0 Å². The molecule has 0 aromatic heterocycles. The minimum absolute atomic E-state index is 0.0577. The number of amides is 3. The molecule has 0 bridgehead atoms. The van der Waals surface area contributed by atoms with E-state index >= 15 is 0 Å². The first kappa shape index (κ1) is 35.5. The molecule has 0 aliphatic carbocycles. The molecule has 0 saturated carbocycles. The fraction of sp³-hybridized carbons (Fsp3) is 0.405. The quantitative estimate of drug-likeness (QED) is 0.125. The molecule has 0 radical (unpaired) electrons. The van der Waals surface area contributed by atoms with E-state index in [1.54, 1.807) is 39.5 Å². The standard InChI is InChI=1S/C37H45N3O6S/c1-6-45-32(41)22-25(2)40-33(28-17-11-8-12-18-28)35(43)39(24-27-14-9-7-10-15-27)30-21-20-26(23-29(30)34(40)42)16-13-19-31(47)38-36(44)46-37(3,4)5/h7-12,14-15,17-18,20-21,23,25,31,33,47H,6,13,16,19,22,24H2,1-5H3,(H,38,44). The molecule has 1 aliphatic heterocycles. The smallest absolute Gasteiger partial charge is 0.408 e. The van der Waals surface area contributed by atoms with Crippen molar-refractivity contribution in [2.24, 2.45) is 0 Å². The Bertz CT molecular complexity index is 1540. The molecule has 3 amide bonds. The average molecular weight is 660 g/mol. The molecule has 1 aliphatic rings. The molecule has 3 atom stereocenters. The number of fused-ring (bicyclic) bond motifs is 1. The SMILES string of the molecule is CCOC(=O)CC(C)N1C(=O)c2cc(CCCC(S)NC(=O)OC(C)(C)C)ccc2N(Cc2ccccc2)C(=O)C1c1ccccc1. The van der Waals surface area contributed by atoms with E-state index in [2.05, 4.69) is 17.9 Å². The number of anilines is 1. The van der Waals surface area contributed by atoms with Gasteiger partial charge in [0.2, 0.25) is 0 Å². The number of thiol groups is 1. The molecule has 3 aromatic carbocycles. The second kappa shape index (κ2) is 16.0. The largest absolute Gasteiger partial charge is 0.466 e. The predicted molar refractivity (Wildman–Crippen MR) is 185 cm³/mol. The van der Waals surface area contributed by atoms with Gasteiger partial charge in [-0.25, -0.2) is 4.79 Å².